The van der Waals surface area contributed by atoms with E-state index in [4.69, 9.17) is 5.11 Å². The van der Waals surface area contributed by atoms with Crippen molar-refractivity contribution in [2.75, 3.05) is 0 Å². The summed E-state index contributed by atoms with van der Waals surface area (Å²) in [6, 6.07) is 2.47. The van der Waals surface area contributed by atoms with Gasteiger partial charge in [0, 0.05) is 24.5 Å². The third-order valence-corrected chi connectivity index (χ3v) is 5.96. The molecule has 0 spiro atoms. The minimum Gasteiger partial charge on any atom is -0.481 e. The van der Waals surface area contributed by atoms with Crippen LogP contribution in [-0.2, 0) is 14.8 Å². The minimum atomic E-state index is -3.63. The van der Waals surface area contributed by atoms with Crippen LogP contribution in [0.4, 0.5) is 0 Å². The number of carboxylic acids is 1. The summed E-state index contributed by atoms with van der Waals surface area (Å²) in [4.78, 5) is 15.1. The third kappa shape index (κ3) is 1.84. The number of sulfonamides is 1. The molecule has 1 aromatic heterocycles. The van der Waals surface area contributed by atoms with Gasteiger partial charge in [0.15, 0.2) is 0 Å². The molecular formula is C12H14N2O4S. The number of nitrogens with zero attached hydrogens (tertiary/aromatic N) is 2. The number of rotatable bonds is 3. The first kappa shape index (κ1) is 12.6. The highest BCUT2D eigenvalue weighted by Gasteiger charge is 2.54. The van der Waals surface area contributed by atoms with Crippen LogP contribution in [0.5, 0.6) is 0 Å². The Bertz CT molecular complexity index is 601. The maximum absolute atomic E-state index is 12.6. The van der Waals surface area contributed by atoms with E-state index in [1.807, 2.05) is 0 Å². The van der Waals surface area contributed by atoms with Crippen molar-refractivity contribution in [3.05, 3.63) is 24.5 Å². The van der Waals surface area contributed by atoms with E-state index in [1.165, 1.54) is 22.8 Å². The molecule has 2 fully saturated rings. The molecule has 2 aliphatic rings. The van der Waals surface area contributed by atoms with Gasteiger partial charge in [0.2, 0.25) is 10.0 Å². The number of pyridine rings is 1. The topological polar surface area (TPSA) is 87.6 Å². The number of carboxylic acid groups (broad SMARTS) is 1. The van der Waals surface area contributed by atoms with Gasteiger partial charge in [-0.1, -0.05) is 0 Å². The van der Waals surface area contributed by atoms with E-state index >= 15 is 0 Å². The quantitative estimate of drug-likeness (QED) is 0.882. The molecule has 102 valence electrons. The Balaban J connectivity index is 1.98. The first-order valence-electron chi connectivity index (χ1n) is 6.18. The Labute approximate surface area is 111 Å². The summed E-state index contributed by atoms with van der Waals surface area (Å²) in [7, 11) is -3.63. The maximum atomic E-state index is 12.6. The molecular weight excluding hydrogens is 268 g/mol. The monoisotopic (exact) mass is 282 g/mol. The lowest BCUT2D eigenvalue weighted by Crippen LogP contribution is -2.37. The van der Waals surface area contributed by atoms with Crippen molar-refractivity contribution in [2.24, 2.45) is 5.92 Å². The lowest BCUT2D eigenvalue weighted by atomic mass is 9.89. The van der Waals surface area contributed by atoms with E-state index in [0.717, 1.165) is 6.42 Å². The zero-order chi connectivity index (χ0) is 13.6. The summed E-state index contributed by atoms with van der Waals surface area (Å²) in [5, 5.41) is 9.16. The Morgan fingerprint density at radius 3 is 2.79 bits per heavy atom. The molecule has 2 bridgehead atoms. The molecule has 2 aliphatic heterocycles. The molecule has 0 saturated carbocycles. The summed E-state index contributed by atoms with van der Waals surface area (Å²) in [5.74, 6) is -1.48. The van der Waals surface area contributed by atoms with Crippen molar-refractivity contribution in [3.63, 3.8) is 0 Å². The fourth-order valence-corrected chi connectivity index (χ4v) is 5.08. The van der Waals surface area contributed by atoms with E-state index in [1.54, 1.807) is 6.07 Å². The second kappa shape index (κ2) is 4.28. The number of hydrogen-bond donors (Lipinski definition) is 1. The van der Waals surface area contributed by atoms with Gasteiger partial charge < -0.3 is 5.11 Å². The second-order valence-corrected chi connectivity index (χ2v) is 6.85. The first-order valence-corrected chi connectivity index (χ1v) is 7.62. The van der Waals surface area contributed by atoms with Gasteiger partial charge >= 0.3 is 5.97 Å². The van der Waals surface area contributed by atoms with Crippen molar-refractivity contribution < 1.29 is 18.3 Å². The van der Waals surface area contributed by atoms with Gasteiger partial charge in [-0.05, 0) is 31.4 Å². The largest absolute Gasteiger partial charge is 0.481 e. The molecule has 7 heteroatoms. The predicted molar refractivity (Wildman–Crippen MR) is 65.8 cm³/mol. The fourth-order valence-electron chi connectivity index (χ4n) is 3.20. The van der Waals surface area contributed by atoms with Gasteiger partial charge in [-0.3, -0.25) is 9.78 Å². The molecule has 3 heterocycles. The highest BCUT2D eigenvalue weighted by Crippen LogP contribution is 2.44. The van der Waals surface area contributed by atoms with Crippen molar-refractivity contribution in [1.29, 1.82) is 0 Å². The highest BCUT2D eigenvalue weighted by atomic mass is 32.2. The van der Waals surface area contributed by atoms with Crippen LogP contribution in [0, 0.1) is 5.92 Å². The summed E-state index contributed by atoms with van der Waals surface area (Å²) in [6.45, 7) is 0. The lowest BCUT2D eigenvalue weighted by molar-refractivity contribution is -0.142. The van der Waals surface area contributed by atoms with Crippen LogP contribution in [-0.4, -0.2) is 40.9 Å². The molecule has 0 radical (unpaired) electrons. The molecule has 3 unspecified atom stereocenters. The van der Waals surface area contributed by atoms with Gasteiger partial charge in [0.1, 0.15) is 4.90 Å². The Morgan fingerprint density at radius 1 is 1.42 bits per heavy atom. The van der Waals surface area contributed by atoms with Gasteiger partial charge in [-0.25, -0.2) is 8.42 Å². The maximum Gasteiger partial charge on any atom is 0.308 e. The molecule has 2 saturated heterocycles. The van der Waals surface area contributed by atoms with Gasteiger partial charge in [0.05, 0.1) is 5.92 Å². The number of fused-ring (bicyclic) bond motifs is 2. The highest BCUT2D eigenvalue weighted by molar-refractivity contribution is 7.89. The van der Waals surface area contributed by atoms with E-state index < -0.39 is 28.0 Å². The molecule has 1 N–H and O–H groups in total. The average Bonchev–Trinajstić information content (AvgIpc) is 2.98. The Hall–Kier alpha value is -1.47. The minimum absolute atomic E-state index is 0.137. The van der Waals surface area contributed by atoms with Crippen LogP contribution in [0.2, 0.25) is 0 Å². The molecule has 1 aromatic rings. The van der Waals surface area contributed by atoms with Gasteiger partial charge in [-0.2, -0.15) is 4.31 Å². The molecule has 0 aromatic carbocycles. The Kier molecular flexibility index (Phi) is 2.83. The van der Waals surface area contributed by atoms with E-state index in [-0.39, 0.29) is 10.9 Å². The molecule has 3 atom stereocenters. The predicted octanol–water partition coefficient (Wildman–Crippen LogP) is 0.708. The van der Waals surface area contributed by atoms with Crippen molar-refractivity contribution in [1.82, 2.24) is 9.29 Å². The van der Waals surface area contributed by atoms with E-state index in [9.17, 15) is 13.2 Å². The van der Waals surface area contributed by atoms with Crippen molar-refractivity contribution in [3.8, 4) is 0 Å². The normalized spacial score (nSPS) is 30.6. The SMILES string of the molecule is O=C(O)C1CC2CCC1N2S(=O)(=O)c1cccnc1. The number of hydrogen-bond acceptors (Lipinski definition) is 4. The molecule has 6 nitrogen and oxygen atoms in total. The second-order valence-electron chi connectivity index (χ2n) is 5.00. The van der Waals surface area contributed by atoms with Crippen LogP contribution in [0.1, 0.15) is 19.3 Å². The summed E-state index contributed by atoms with van der Waals surface area (Å²) in [6.07, 6.45) is 4.61. The van der Waals surface area contributed by atoms with Gasteiger partial charge in [0.25, 0.3) is 0 Å². The summed E-state index contributed by atoms with van der Waals surface area (Å²) < 4.78 is 26.5. The fraction of sp³-hybridized carbons (Fsp3) is 0.500. The first-order chi connectivity index (χ1) is 9.01. The lowest BCUT2D eigenvalue weighted by Gasteiger charge is -2.22. The number of aliphatic carboxylic acids is 1. The van der Waals surface area contributed by atoms with Crippen molar-refractivity contribution in [2.45, 2.75) is 36.2 Å². The Morgan fingerprint density at radius 2 is 2.21 bits per heavy atom. The zero-order valence-corrected chi connectivity index (χ0v) is 11.0. The number of carbonyl (C=O) groups is 1. The summed E-state index contributed by atoms with van der Waals surface area (Å²) in [5.41, 5.74) is 0. The average molecular weight is 282 g/mol. The van der Waals surface area contributed by atoms with Crippen molar-refractivity contribution >= 4 is 16.0 Å². The zero-order valence-electron chi connectivity index (χ0n) is 10.1. The van der Waals surface area contributed by atoms with Crippen LogP contribution in [0.15, 0.2) is 29.4 Å². The third-order valence-electron chi connectivity index (χ3n) is 4.00. The summed E-state index contributed by atoms with van der Waals surface area (Å²) >= 11 is 0. The molecule has 0 amide bonds. The number of aromatic nitrogens is 1. The molecule has 0 aliphatic carbocycles. The molecule has 19 heavy (non-hydrogen) atoms. The van der Waals surface area contributed by atoms with E-state index in [0.29, 0.717) is 12.8 Å². The van der Waals surface area contributed by atoms with Crippen LogP contribution >= 0.6 is 0 Å². The van der Waals surface area contributed by atoms with Crippen LogP contribution < -0.4 is 0 Å². The van der Waals surface area contributed by atoms with Crippen LogP contribution in [0.3, 0.4) is 0 Å². The van der Waals surface area contributed by atoms with Gasteiger partial charge in [-0.15, -0.1) is 0 Å². The standard InChI is InChI=1S/C12H14N2O4S/c15-12(16)10-6-8-3-4-11(10)14(8)19(17,18)9-2-1-5-13-7-9/h1-2,5,7-8,10-11H,3-4,6H2,(H,15,16). The van der Waals surface area contributed by atoms with Crippen LogP contribution in [0.25, 0.3) is 0 Å². The smallest absolute Gasteiger partial charge is 0.308 e. The molecule has 3 rings (SSSR count). The van der Waals surface area contributed by atoms with E-state index in [2.05, 4.69) is 4.98 Å².